The fourth-order valence-electron chi connectivity index (χ4n) is 3.30. The van der Waals surface area contributed by atoms with Crippen LogP contribution in [0.4, 0.5) is 5.82 Å². The smallest absolute Gasteiger partial charge is 0.277 e. The number of carbonyl (C=O) groups is 1. The first kappa shape index (κ1) is 17.4. The number of amides is 1. The van der Waals surface area contributed by atoms with Crippen LogP contribution in [0.2, 0.25) is 0 Å². The van der Waals surface area contributed by atoms with Crippen molar-refractivity contribution in [1.29, 1.82) is 0 Å². The van der Waals surface area contributed by atoms with Gasteiger partial charge in [-0.05, 0) is 33.8 Å². The Morgan fingerprint density at radius 1 is 1.07 bits per heavy atom. The summed E-state index contributed by atoms with van der Waals surface area (Å²) in [6.45, 7) is 0.627. The van der Waals surface area contributed by atoms with Crippen LogP contribution in [0.25, 0.3) is 21.3 Å². The third-order valence-electron chi connectivity index (χ3n) is 4.69. The molecule has 2 aromatic carbocycles. The number of carbonyl (C=O) groups excluding carboxylic acids is 1. The van der Waals surface area contributed by atoms with Crippen LogP contribution < -0.4 is 5.32 Å². The zero-order chi connectivity index (χ0) is 19.6. The molecule has 0 aliphatic heterocycles. The van der Waals surface area contributed by atoms with Gasteiger partial charge in [0.25, 0.3) is 5.91 Å². The molecule has 0 atom stereocenters. The number of thiophene rings is 1. The second-order valence-electron chi connectivity index (χ2n) is 6.64. The molecule has 0 bridgehead atoms. The molecule has 2 N–H and O–H groups in total. The highest BCUT2D eigenvalue weighted by molar-refractivity contribution is 7.13. The van der Waals surface area contributed by atoms with E-state index in [-0.39, 0.29) is 5.91 Å². The highest BCUT2D eigenvalue weighted by Gasteiger charge is 2.13. The van der Waals surface area contributed by atoms with Crippen molar-refractivity contribution in [3.8, 4) is 10.6 Å². The molecule has 7 heteroatoms. The number of nitrogens with zero attached hydrogens (tertiary/aromatic N) is 3. The van der Waals surface area contributed by atoms with Crippen molar-refractivity contribution in [2.45, 2.75) is 6.54 Å². The molecule has 3 aromatic heterocycles. The van der Waals surface area contributed by atoms with Gasteiger partial charge < -0.3 is 5.32 Å². The molecule has 5 aromatic rings. The Morgan fingerprint density at radius 3 is 2.86 bits per heavy atom. The van der Waals surface area contributed by atoms with E-state index in [4.69, 9.17) is 0 Å². The SMILES string of the molecule is O=C(Nc1ccn(Cc2cccc3ccccc23)n1)c1cc(-c2cccs2)[nH]n1. The lowest BCUT2D eigenvalue weighted by molar-refractivity contribution is 0.102. The van der Waals surface area contributed by atoms with Crippen LogP contribution >= 0.6 is 11.3 Å². The first-order chi connectivity index (χ1) is 14.3. The minimum absolute atomic E-state index is 0.292. The van der Waals surface area contributed by atoms with Crippen molar-refractivity contribution >= 4 is 33.8 Å². The van der Waals surface area contributed by atoms with Crippen LogP contribution in [0, 0.1) is 0 Å². The van der Waals surface area contributed by atoms with Gasteiger partial charge in [-0.2, -0.15) is 10.2 Å². The molecule has 0 spiro atoms. The van der Waals surface area contributed by atoms with Crippen LogP contribution in [0.15, 0.2) is 78.3 Å². The number of rotatable bonds is 5. The second kappa shape index (κ2) is 7.37. The van der Waals surface area contributed by atoms with Gasteiger partial charge in [-0.1, -0.05) is 48.5 Å². The topological polar surface area (TPSA) is 75.6 Å². The van der Waals surface area contributed by atoms with Crippen molar-refractivity contribution in [3.05, 3.63) is 89.6 Å². The summed E-state index contributed by atoms with van der Waals surface area (Å²) in [5, 5.41) is 18.7. The second-order valence-corrected chi connectivity index (χ2v) is 7.58. The van der Waals surface area contributed by atoms with E-state index in [2.05, 4.69) is 44.9 Å². The van der Waals surface area contributed by atoms with Crippen molar-refractivity contribution in [2.24, 2.45) is 0 Å². The first-order valence-corrected chi connectivity index (χ1v) is 10.0. The number of anilines is 1. The Kier molecular flexibility index (Phi) is 4.42. The quantitative estimate of drug-likeness (QED) is 0.446. The Hall–Kier alpha value is -3.71. The molecule has 1 amide bonds. The van der Waals surface area contributed by atoms with E-state index in [1.54, 1.807) is 23.5 Å². The Morgan fingerprint density at radius 2 is 1.97 bits per heavy atom. The van der Waals surface area contributed by atoms with Gasteiger partial charge in [0.2, 0.25) is 0 Å². The third kappa shape index (κ3) is 3.55. The maximum atomic E-state index is 12.5. The number of aromatic amines is 1. The number of H-pyrrole nitrogens is 1. The van der Waals surface area contributed by atoms with Crippen LogP contribution in [-0.4, -0.2) is 25.9 Å². The highest BCUT2D eigenvalue weighted by atomic mass is 32.1. The standard InChI is InChI=1S/C22H17N5OS/c28-22(19-13-18(24-25-19)20-9-4-12-29-20)23-21-10-11-27(26-21)14-16-7-3-6-15-5-1-2-8-17(15)16/h1-13H,14H2,(H,24,25)(H,23,26,28). The van der Waals surface area contributed by atoms with Crippen LogP contribution in [-0.2, 0) is 6.54 Å². The van der Waals surface area contributed by atoms with E-state index in [9.17, 15) is 4.79 Å². The van der Waals surface area contributed by atoms with Crippen molar-refractivity contribution in [2.75, 3.05) is 5.32 Å². The summed E-state index contributed by atoms with van der Waals surface area (Å²) in [7, 11) is 0. The van der Waals surface area contributed by atoms with Gasteiger partial charge in [-0.3, -0.25) is 14.6 Å². The zero-order valence-electron chi connectivity index (χ0n) is 15.4. The summed E-state index contributed by atoms with van der Waals surface area (Å²) in [5.41, 5.74) is 2.33. The molecule has 5 rings (SSSR count). The number of hydrogen-bond donors (Lipinski definition) is 2. The number of nitrogens with one attached hydrogen (secondary N) is 2. The predicted molar refractivity (Wildman–Crippen MR) is 115 cm³/mol. The van der Waals surface area contributed by atoms with E-state index >= 15 is 0 Å². The van der Waals surface area contributed by atoms with Crippen molar-refractivity contribution < 1.29 is 4.79 Å². The zero-order valence-corrected chi connectivity index (χ0v) is 16.2. The molecule has 6 nitrogen and oxygen atoms in total. The minimum Gasteiger partial charge on any atom is -0.304 e. The highest BCUT2D eigenvalue weighted by Crippen LogP contribution is 2.23. The molecule has 0 fully saturated rings. The fourth-order valence-corrected chi connectivity index (χ4v) is 3.99. The van der Waals surface area contributed by atoms with Gasteiger partial charge >= 0.3 is 0 Å². The average Bonchev–Trinajstić information content (AvgIpc) is 3.50. The van der Waals surface area contributed by atoms with Gasteiger partial charge in [0.05, 0.1) is 17.1 Å². The molecule has 0 saturated heterocycles. The maximum Gasteiger partial charge on any atom is 0.277 e. The summed E-state index contributed by atoms with van der Waals surface area (Å²) in [6, 6.07) is 22.0. The normalized spacial score (nSPS) is 11.0. The minimum atomic E-state index is -0.292. The lowest BCUT2D eigenvalue weighted by Crippen LogP contribution is -2.13. The van der Waals surface area contributed by atoms with Gasteiger partial charge in [-0.15, -0.1) is 11.3 Å². The third-order valence-corrected chi connectivity index (χ3v) is 5.59. The molecule has 29 heavy (non-hydrogen) atoms. The van der Waals surface area contributed by atoms with Gasteiger partial charge in [0.1, 0.15) is 0 Å². The number of aromatic nitrogens is 4. The van der Waals surface area contributed by atoms with Crippen molar-refractivity contribution in [3.63, 3.8) is 0 Å². The summed E-state index contributed by atoms with van der Waals surface area (Å²) >= 11 is 1.59. The molecule has 0 unspecified atom stereocenters. The molecule has 3 heterocycles. The largest absolute Gasteiger partial charge is 0.304 e. The van der Waals surface area contributed by atoms with E-state index < -0.39 is 0 Å². The molecule has 0 radical (unpaired) electrons. The Balaban J connectivity index is 1.31. The van der Waals surface area contributed by atoms with E-state index in [1.165, 1.54) is 16.3 Å². The average molecular weight is 399 g/mol. The van der Waals surface area contributed by atoms with E-state index in [0.717, 1.165) is 10.6 Å². The summed E-state index contributed by atoms with van der Waals surface area (Å²) in [6.07, 6.45) is 1.86. The van der Waals surface area contributed by atoms with E-state index in [1.807, 2.05) is 46.6 Å². The van der Waals surface area contributed by atoms with E-state index in [0.29, 0.717) is 18.1 Å². The number of fused-ring (bicyclic) bond motifs is 1. The first-order valence-electron chi connectivity index (χ1n) is 9.17. The van der Waals surface area contributed by atoms with Gasteiger partial charge in [-0.25, -0.2) is 0 Å². The van der Waals surface area contributed by atoms with Crippen LogP contribution in [0.1, 0.15) is 16.1 Å². The predicted octanol–water partition coefficient (Wildman–Crippen LogP) is 4.79. The molecule has 0 aliphatic carbocycles. The maximum absolute atomic E-state index is 12.5. The lowest BCUT2D eigenvalue weighted by Gasteiger charge is -2.06. The Labute approximate surface area is 170 Å². The number of hydrogen-bond acceptors (Lipinski definition) is 4. The summed E-state index contributed by atoms with van der Waals surface area (Å²) in [4.78, 5) is 13.5. The van der Waals surface area contributed by atoms with Gasteiger partial charge in [0.15, 0.2) is 11.5 Å². The van der Waals surface area contributed by atoms with Gasteiger partial charge in [0, 0.05) is 12.3 Å². The molecule has 142 valence electrons. The monoisotopic (exact) mass is 399 g/mol. The summed E-state index contributed by atoms with van der Waals surface area (Å²) < 4.78 is 1.82. The molecule has 0 saturated carbocycles. The number of benzene rings is 2. The molecular formula is C22H17N5OS. The molecular weight excluding hydrogens is 382 g/mol. The fraction of sp³-hybridized carbons (Fsp3) is 0.0455. The summed E-state index contributed by atoms with van der Waals surface area (Å²) in [5.74, 6) is 0.204. The molecule has 0 aliphatic rings. The lowest BCUT2D eigenvalue weighted by atomic mass is 10.0. The van der Waals surface area contributed by atoms with Crippen molar-refractivity contribution in [1.82, 2.24) is 20.0 Å². The van der Waals surface area contributed by atoms with Crippen LogP contribution in [0.5, 0.6) is 0 Å². The Bertz CT molecular complexity index is 1280. The van der Waals surface area contributed by atoms with Crippen LogP contribution in [0.3, 0.4) is 0 Å².